The van der Waals surface area contributed by atoms with E-state index in [2.05, 4.69) is 15.4 Å². The molecule has 0 aliphatic heterocycles. The number of ether oxygens (including phenoxy) is 1. The van der Waals surface area contributed by atoms with Gasteiger partial charge < -0.3 is 20.3 Å². The van der Waals surface area contributed by atoms with E-state index in [0.717, 1.165) is 11.3 Å². The lowest BCUT2D eigenvalue weighted by Gasteiger charge is -2.18. The maximum absolute atomic E-state index is 13.0. The van der Waals surface area contributed by atoms with Gasteiger partial charge in [0.05, 0.1) is 28.1 Å². The lowest BCUT2D eigenvalue weighted by Crippen LogP contribution is -2.30. The van der Waals surface area contributed by atoms with Crippen LogP contribution in [0.25, 0.3) is 0 Å². The monoisotopic (exact) mass is 628 g/mol. The third-order valence-electron chi connectivity index (χ3n) is 5.55. The van der Waals surface area contributed by atoms with Crippen molar-refractivity contribution in [3.8, 4) is 0 Å². The van der Waals surface area contributed by atoms with Gasteiger partial charge in [-0.3, -0.25) is 9.52 Å². The number of thiocarbonyl (C=S) groups is 1. The van der Waals surface area contributed by atoms with Gasteiger partial charge >= 0.3 is 5.97 Å². The number of hydrogen-bond donors (Lipinski definition) is 3. The highest BCUT2D eigenvalue weighted by Crippen LogP contribution is 2.35. The minimum atomic E-state index is -3.91. The molecule has 3 N–H and O–H groups in total. The molecular weight excluding hydrogens is 603 g/mol. The van der Waals surface area contributed by atoms with E-state index < -0.39 is 16.0 Å². The van der Waals surface area contributed by atoms with Crippen LogP contribution in [0.4, 0.5) is 16.4 Å². The van der Waals surface area contributed by atoms with E-state index in [-0.39, 0.29) is 27.2 Å². The summed E-state index contributed by atoms with van der Waals surface area (Å²) in [6.45, 7) is 6.49. The smallest absolute Gasteiger partial charge is 0.341 e. The van der Waals surface area contributed by atoms with Crippen molar-refractivity contribution in [2.75, 3.05) is 35.6 Å². The molecule has 39 heavy (non-hydrogen) atoms. The van der Waals surface area contributed by atoms with Crippen LogP contribution in [0.5, 0.6) is 0 Å². The Balaban J connectivity index is 1.77. The molecule has 1 amide bonds. The first kappa shape index (κ1) is 30.6. The van der Waals surface area contributed by atoms with Gasteiger partial charge in [0, 0.05) is 28.8 Å². The lowest BCUT2D eigenvalue weighted by molar-refractivity contribution is 0.0601. The molecule has 0 bridgehead atoms. The standard InChI is InChI=1S/C25H26Cl2N4O5S3/c1-5-31(6-2)23(32)21-14(3)20(24(33)36-4)22(38-21)29-25(37)28-17-7-9-19(10-8-17)39(34,35)30-18-12-15(26)11-16(27)13-18/h7-13,30H,5-6H2,1-4H3,(H2,28,29,37). The van der Waals surface area contributed by atoms with Crippen molar-refractivity contribution in [3.05, 3.63) is 68.5 Å². The number of hydrogen-bond acceptors (Lipinski definition) is 7. The highest BCUT2D eigenvalue weighted by molar-refractivity contribution is 7.92. The molecule has 0 saturated heterocycles. The number of esters is 1. The second-order valence-electron chi connectivity index (χ2n) is 8.10. The highest BCUT2D eigenvalue weighted by Gasteiger charge is 2.27. The summed E-state index contributed by atoms with van der Waals surface area (Å²) in [5, 5.41) is 6.99. The van der Waals surface area contributed by atoms with Crippen LogP contribution in [-0.2, 0) is 14.8 Å². The molecule has 1 aromatic heterocycles. The van der Waals surface area contributed by atoms with Gasteiger partial charge in [-0.15, -0.1) is 11.3 Å². The number of amides is 1. The zero-order valence-electron chi connectivity index (χ0n) is 21.4. The molecule has 0 atom stereocenters. The van der Waals surface area contributed by atoms with Gasteiger partial charge in [0.2, 0.25) is 0 Å². The summed E-state index contributed by atoms with van der Waals surface area (Å²) in [5.74, 6) is -0.791. The second-order valence-corrected chi connectivity index (χ2v) is 12.1. The molecule has 9 nitrogen and oxygen atoms in total. The Morgan fingerprint density at radius 1 is 1.00 bits per heavy atom. The molecule has 0 fully saturated rings. The van der Waals surface area contributed by atoms with E-state index in [0.29, 0.717) is 44.3 Å². The predicted molar refractivity (Wildman–Crippen MR) is 161 cm³/mol. The zero-order chi connectivity index (χ0) is 28.9. The Morgan fingerprint density at radius 3 is 2.13 bits per heavy atom. The maximum atomic E-state index is 13.0. The average molecular weight is 630 g/mol. The van der Waals surface area contributed by atoms with Crippen LogP contribution in [0, 0.1) is 6.92 Å². The molecule has 0 saturated carbocycles. The van der Waals surface area contributed by atoms with E-state index in [1.54, 1.807) is 11.8 Å². The molecule has 0 unspecified atom stereocenters. The van der Waals surface area contributed by atoms with Crippen LogP contribution < -0.4 is 15.4 Å². The van der Waals surface area contributed by atoms with Crippen molar-refractivity contribution >= 4 is 90.1 Å². The fourth-order valence-corrected chi connectivity index (χ4v) is 6.64. The van der Waals surface area contributed by atoms with Gasteiger partial charge in [0.15, 0.2) is 5.11 Å². The van der Waals surface area contributed by atoms with Gasteiger partial charge in [0.1, 0.15) is 5.00 Å². The van der Waals surface area contributed by atoms with Crippen LogP contribution in [0.1, 0.15) is 39.4 Å². The summed E-state index contributed by atoms with van der Waals surface area (Å²) in [6, 6.07) is 10.2. The summed E-state index contributed by atoms with van der Waals surface area (Å²) >= 11 is 18.4. The first-order valence-electron chi connectivity index (χ1n) is 11.6. The van der Waals surface area contributed by atoms with Gasteiger partial charge in [0.25, 0.3) is 15.9 Å². The Labute approximate surface area is 246 Å². The van der Waals surface area contributed by atoms with Crippen LogP contribution in [0.2, 0.25) is 10.0 Å². The number of nitrogens with one attached hydrogen (secondary N) is 3. The predicted octanol–water partition coefficient (Wildman–Crippen LogP) is 6.24. The topological polar surface area (TPSA) is 117 Å². The van der Waals surface area contributed by atoms with Crippen molar-refractivity contribution in [2.45, 2.75) is 25.7 Å². The van der Waals surface area contributed by atoms with Gasteiger partial charge in [-0.05, 0) is 81.0 Å². The number of anilines is 3. The van der Waals surface area contributed by atoms with E-state index in [4.69, 9.17) is 40.2 Å². The summed E-state index contributed by atoms with van der Waals surface area (Å²) in [7, 11) is -2.65. The summed E-state index contributed by atoms with van der Waals surface area (Å²) in [5.41, 5.74) is 1.43. The Hall–Kier alpha value is -2.90. The molecular formula is C25H26Cl2N4O5S3. The summed E-state index contributed by atoms with van der Waals surface area (Å²) < 4.78 is 32.9. The fraction of sp³-hybridized carbons (Fsp3) is 0.240. The molecule has 3 aromatic rings. The number of sulfonamides is 1. The van der Waals surface area contributed by atoms with Gasteiger partial charge in [-0.25, -0.2) is 13.2 Å². The van der Waals surface area contributed by atoms with E-state index in [1.807, 2.05) is 13.8 Å². The minimum absolute atomic E-state index is 0.00411. The fourth-order valence-electron chi connectivity index (χ4n) is 3.62. The van der Waals surface area contributed by atoms with Crippen molar-refractivity contribution < 1.29 is 22.7 Å². The number of benzene rings is 2. The number of carbonyl (C=O) groups is 2. The number of methoxy groups -OCH3 is 1. The number of thiophene rings is 1. The second kappa shape index (κ2) is 13.0. The Bertz CT molecular complexity index is 1480. The molecule has 208 valence electrons. The van der Waals surface area contributed by atoms with Crippen molar-refractivity contribution in [3.63, 3.8) is 0 Å². The van der Waals surface area contributed by atoms with Crippen molar-refractivity contribution in [1.29, 1.82) is 0 Å². The van der Waals surface area contributed by atoms with E-state index >= 15 is 0 Å². The summed E-state index contributed by atoms with van der Waals surface area (Å²) in [4.78, 5) is 27.6. The number of carbonyl (C=O) groups excluding carboxylic acids is 2. The summed E-state index contributed by atoms with van der Waals surface area (Å²) in [6.07, 6.45) is 0. The minimum Gasteiger partial charge on any atom is -0.465 e. The third kappa shape index (κ3) is 7.40. The molecule has 14 heteroatoms. The maximum Gasteiger partial charge on any atom is 0.341 e. The first-order valence-corrected chi connectivity index (χ1v) is 15.0. The molecule has 3 rings (SSSR count). The molecule has 0 aliphatic rings. The van der Waals surface area contributed by atoms with Crippen LogP contribution >= 0.6 is 46.8 Å². The van der Waals surface area contributed by atoms with E-state index in [1.165, 1.54) is 49.6 Å². The highest BCUT2D eigenvalue weighted by atomic mass is 35.5. The van der Waals surface area contributed by atoms with E-state index in [9.17, 15) is 18.0 Å². The van der Waals surface area contributed by atoms with Gasteiger partial charge in [-0.1, -0.05) is 23.2 Å². The SMILES string of the molecule is CCN(CC)C(=O)c1sc(NC(=S)Nc2ccc(S(=O)(=O)Nc3cc(Cl)cc(Cl)c3)cc2)c(C(=O)OC)c1C. The normalized spacial score (nSPS) is 11.0. The third-order valence-corrected chi connectivity index (χ3v) is 8.78. The van der Waals surface area contributed by atoms with Crippen LogP contribution in [0.15, 0.2) is 47.4 Å². The Morgan fingerprint density at radius 2 is 1.59 bits per heavy atom. The molecule has 0 spiro atoms. The molecule has 0 aliphatic carbocycles. The molecule has 2 aromatic carbocycles. The number of nitrogens with zero attached hydrogens (tertiary/aromatic N) is 1. The quantitative estimate of drug-likeness (QED) is 0.188. The van der Waals surface area contributed by atoms with Crippen molar-refractivity contribution in [2.24, 2.45) is 0 Å². The van der Waals surface area contributed by atoms with Crippen LogP contribution in [-0.4, -0.2) is 50.5 Å². The largest absolute Gasteiger partial charge is 0.465 e. The number of rotatable bonds is 9. The molecule has 0 radical (unpaired) electrons. The lowest BCUT2D eigenvalue weighted by atomic mass is 10.1. The van der Waals surface area contributed by atoms with Crippen LogP contribution in [0.3, 0.4) is 0 Å². The Kier molecular flexibility index (Phi) is 10.2. The average Bonchev–Trinajstić information content (AvgIpc) is 3.18. The first-order chi connectivity index (χ1) is 18.4. The van der Waals surface area contributed by atoms with Gasteiger partial charge in [-0.2, -0.15) is 0 Å². The van der Waals surface area contributed by atoms with Crippen molar-refractivity contribution in [1.82, 2.24) is 4.90 Å². The zero-order valence-corrected chi connectivity index (χ0v) is 25.4. The molecule has 1 heterocycles. The number of halogens is 2.